The van der Waals surface area contributed by atoms with Crippen molar-refractivity contribution in [2.45, 2.75) is 6.92 Å². The Morgan fingerprint density at radius 3 is 2.66 bits per heavy atom. The molecule has 0 saturated heterocycles. The molecule has 29 heavy (non-hydrogen) atoms. The van der Waals surface area contributed by atoms with Crippen molar-refractivity contribution in [3.63, 3.8) is 0 Å². The molecule has 0 spiro atoms. The topological polar surface area (TPSA) is 86.5 Å². The highest BCUT2D eigenvalue weighted by atomic mass is 16.3. The van der Waals surface area contributed by atoms with Crippen LogP contribution in [-0.4, -0.2) is 20.1 Å². The molecule has 0 bridgehead atoms. The third kappa shape index (κ3) is 3.00. The Morgan fingerprint density at radius 1 is 0.931 bits per heavy atom. The number of H-pyrrole nitrogens is 1. The fourth-order valence-electron chi connectivity index (χ4n) is 3.44. The maximum atomic E-state index is 10.4. The number of aromatic hydroxyl groups is 1. The number of para-hydroxylation sites is 1. The number of hydrogen-bond acceptors (Lipinski definition) is 5. The number of nitrogens with one attached hydrogen (secondary N) is 1. The van der Waals surface area contributed by atoms with Crippen molar-refractivity contribution in [3.05, 3.63) is 78.5 Å². The number of aryl methyl sites for hydroxylation is 1. The molecular weight excluding hydrogens is 362 g/mol. The van der Waals surface area contributed by atoms with Crippen LogP contribution in [0.25, 0.3) is 33.1 Å². The van der Waals surface area contributed by atoms with Crippen LogP contribution >= 0.6 is 0 Å². The molecule has 6 nitrogen and oxygen atoms in total. The minimum absolute atomic E-state index is 0.0155. The fraction of sp³-hybridized carbons (Fsp3) is 0.0435. The van der Waals surface area contributed by atoms with Crippen LogP contribution in [0.4, 0.5) is 11.5 Å². The van der Waals surface area contributed by atoms with Crippen molar-refractivity contribution in [2.75, 3.05) is 0 Å². The lowest BCUT2D eigenvalue weighted by molar-refractivity contribution is 0.459. The Bertz CT molecular complexity index is 1370. The first kappa shape index (κ1) is 17.1. The number of rotatable bonds is 3. The quantitative estimate of drug-likeness (QED) is 0.365. The van der Waals surface area contributed by atoms with Gasteiger partial charge in [0.25, 0.3) is 0 Å². The van der Waals surface area contributed by atoms with Crippen LogP contribution in [0.2, 0.25) is 0 Å². The van der Waals surface area contributed by atoms with E-state index < -0.39 is 0 Å². The van der Waals surface area contributed by atoms with Crippen LogP contribution in [0.5, 0.6) is 5.88 Å². The van der Waals surface area contributed by atoms with Gasteiger partial charge in [0.1, 0.15) is 0 Å². The van der Waals surface area contributed by atoms with Gasteiger partial charge in [0.2, 0.25) is 5.88 Å². The average Bonchev–Trinajstić information content (AvgIpc) is 3.08. The molecule has 0 unspecified atom stereocenters. The normalized spacial score (nSPS) is 11.6. The average molecular weight is 379 g/mol. The molecule has 5 aromatic rings. The van der Waals surface area contributed by atoms with Crippen LogP contribution in [0.3, 0.4) is 0 Å². The summed E-state index contributed by atoms with van der Waals surface area (Å²) in [6.07, 6.45) is 1.70. The third-order valence-corrected chi connectivity index (χ3v) is 4.89. The Morgan fingerprint density at radius 2 is 1.79 bits per heavy atom. The summed E-state index contributed by atoms with van der Waals surface area (Å²) in [6, 6.07) is 21.6. The molecule has 0 aliphatic carbocycles. The summed E-state index contributed by atoms with van der Waals surface area (Å²) in [6.45, 7) is 1.98. The van der Waals surface area contributed by atoms with E-state index in [1.807, 2.05) is 73.7 Å². The van der Waals surface area contributed by atoms with E-state index in [0.717, 1.165) is 33.0 Å². The second-order valence-corrected chi connectivity index (χ2v) is 6.80. The molecule has 2 N–H and O–H groups in total. The lowest BCUT2D eigenvalue weighted by Crippen LogP contribution is -1.87. The van der Waals surface area contributed by atoms with Gasteiger partial charge < -0.3 is 10.1 Å². The molecular formula is C23H17N5O. The highest BCUT2D eigenvalue weighted by molar-refractivity contribution is 5.96. The van der Waals surface area contributed by atoms with Gasteiger partial charge in [0.15, 0.2) is 17.2 Å². The molecule has 3 aromatic heterocycles. The van der Waals surface area contributed by atoms with Crippen LogP contribution in [0.15, 0.2) is 83.2 Å². The van der Waals surface area contributed by atoms with Crippen molar-refractivity contribution < 1.29 is 5.11 Å². The number of aromatic amines is 1. The number of pyridine rings is 2. The van der Waals surface area contributed by atoms with Gasteiger partial charge in [-0.25, -0.2) is 9.97 Å². The largest absolute Gasteiger partial charge is 0.493 e. The molecule has 0 aliphatic heterocycles. The Hall–Kier alpha value is -4.06. The van der Waals surface area contributed by atoms with E-state index in [1.165, 1.54) is 0 Å². The van der Waals surface area contributed by atoms with Crippen molar-refractivity contribution in [3.8, 4) is 17.0 Å². The maximum absolute atomic E-state index is 10.4. The first-order valence-corrected chi connectivity index (χ1v) is 9.24. The summed E-state index contributed by atoms with van der Waals surface area (Å²) in [5.41, 5.74) is 4.70. The van der Waals surface area contributed by atoms with E-state index >= 15 is 0 Å². The summed E-state index contributed by atoms with van der Waals surface area (Å²) in [7, 11) is 0. The van der Waals surface area contributed by atoms with Crippen LogP contribution in [-0.2, 0) is 0 Å². The SMILES string of the molecule is Cc1cccc2c(N=Nc3nc4ncccc4cc3-c3ccccc3)c(O)[nH]c12. The number of benzene rings is 2. The maximum Gasteiger partial charge on any atom is 0.218 e. The van der Waals surface area contributed by atoms with E-state index in [1.54, 1.807) is 6.20 Å². The molecule has 6 heteroatoms. The minimum Gasteiger partial charge on any atom is -0.493 e. The lowest BCUT2D eigenvalue weighted by Gasteiger charge is -2.06. The number of fused-ring (bicyclic) bond motifs is 2. The molecule has 0 amide bonds. The van der Waals surface area contributed by atoms with Gasteiger partial charge in [-0.3, -0.25) is 0 Å². The smallest absolute Gasteiger partial charge is 0.218 e. The molecule has 0 saturated carbocycles. The number of hydrogen-bond donors (Lipinski definition) is 2. The molecule has 0 radical (unpaired) electrons. The first-order chi connectivity index (χ1) is 14.2. The van der Waals surface area contributed by atoms with Gasteiger partial charge in [-0.2, -0.15) is 0 Å². The monoisotopic (exact) mass is 379 g/mol. The number of azo groups is 1. The zero-order chi connectivity index (χ0) is 19.8. The van der Waals surface area contributed by atoms with E-state index in [0.29, 0.717) is 17.2 Å². The summed E-state index contributed by atoms with van der Waals surface area (Å²) in [5, 5.41) is 20.9. The second-order valence-electron chi connectivity index (χ2n) is 6.80. The first-order valence-electron chi connectivity index (χ1n) is 9.24. The predicted molar refractivity (Wildman–Crippen MR) is 114 cm³/mol. The lowest BCUT2D eigenvalue weighted by atomic mass is 10.1. The summed E-state index contributed by atoms with van der Waals surface area (Å²) in [4.78, 5) is 11.9. The van der Waals surface area contributed by atoms with E-state index in [9.17, 15) is 5.11 Å². The van der Waals surface area contributed by atoms with Gasteiger partial charge in [-0.05, 0) is 36.2 Å². The summed E-state index contributed by atoms with van der Waals surface area (Å²) in [5.74, 6) is 0.432. The highest BCUT2D eigenvalue weighted by Crippen LogP contribution is 2.38. The van der Waals surface area contributed by atoms with Gasteiger partial charge in [0.05, 0.1) is 5.52 Å². The van der Waals surface area contributed by atoms with Crippen molar-refractivity contribution >= 4 is 33.4 Å². The van der Waals surface area contributed by atoms with E-state index in [-0.39, 0.29) is 5.88 Å². The highest BCUT2D eigenvalue weighted by Gasteiger charge is 2.13. The van der Waals surface area contributed by atoms with Crippen LogP contribution in [0, 0.1) is 6.92 Å². The van der Waals surface area contributed by atoms with Crippen molar-refractivity contribution in [1.29, 1.82) is 0 Å². The zero-order valence-corrected chi connectivity index (χ0v) is 15.7. The fourth-order valence-corrected chi connectivity index (χ4v) is 3.44. The van der Waals surface area contributed by atoms with Crippen molar-refractivity contribution in [2.24, 2.45) is 10.2 Å². The zero-order valence-electron chi connectivity index (χ0n) is 15.7. The third-order valence-electron chi connectivity index (χ3n) is 4.89. The molecule has 2 aromatic carbocycles. The molecule has 0 atom stereocenters. The van der Waals surface area contributed by atoms with Gasteiger partial charge in [-0.15, -0.1) is 10.2 Å². The summed E-state index contributed by atoms with van der Waals surface area (Å²) < 4.78 is 0. The molecule has 0 fully saturated rings. The van der Waals surface area contributed by atoms with Crippen LogP contribution < -0.4 is 0 Å². The van der Waals surface area contributed by atoms with Gasteiger partial charge in [0, 0.05) is 22.5 Å². The number of aromatic nitrogens is 3. The molecule has 3 heterocycles. The summed E-state index contributed by atoms with van der Waals surface area (Å²) >= 11 is 0. The minimum atomic E-state index is -0.0155. The van der Waals surface area contributed by atoms with Gasteiger partial charge in [-0.1, -0.05) is 48.5 Å². The van der Waals surface area contributed by atoms with Gasteiger partial charge >= 0.3 is 0 Å². The molecule has 5 rings (SSSR count). The van der Waals surface area contributed by atoms with Crippen LogP contribution in [0.1, 0.15) is 5.56 Å². The van der Waals surface area contributed by atoms with Crippen molar-refractivity contribution in [1.82, 2.24) is 15.0 Å². The molecule has 0 aliphatic rings. The molecule has 140 valence electrons. The van der Waals surface area contributed by atoms with E-state index in [2.05, 4.69) is 25.2 Å². The standard InChI is InChI=1S/C23H17N5O/c1-14-7-5-11-17-19(14)25-23(29)20(17)27-28-22-18(15-8-3-2-4-9-15)13-16-10-6-12-24-21(16)26-22/h2-13,25,29H,1H3. The second kappa shape index (κ2) is 6.83. The Balaban J connectivity index is 1.69. The number of nitrogens with zero attached hydrogens (tertiary/aromatic N) is 4. The Labute approximate surface area is 166 Å². The predicted octanol–water partition coefficient (Wildman–Crippen LogP) is 6.21. The van der Waals surface area contributed by atoms with E-state index in [4.69, 9.17) is 0 Å². The Kier molecular flexibility index (Phi) is 4.02.